The van der Waals surface area contributed by atoms with Gasteiger partial charge in [0.2, 0.25) is 0 Å². The molecule has 0 aliphatic carbocycles. The fourth-order valence-electron chi connectivity index (χ4n) is 3.76. The number of carbonyl (C=O) groups is 3. The molecular weight excluding hydrogens is 420 g/mol. The first-order valence-corrected chi connectivity index (χ1v) is 10.4. The van der Waals surface area contributed by atoms with Gasteiger partial charge in [0.15, 0.2) is 0 Å². The highest BCUT2D eigenvalue weighted by atomic mass is 16.6. The summed E-state index contributed by atoms with van der Waals surface area (Å²) in [5, 5.41) is 16.5. The number of anilines is 1. The van der Waals surface area contributed by atoms with E-state index in [4.69, 9.17) is 9.47 Å². The van der Waals surface area contributed by atoms with Gasteiger partial charge in [-0.05, 0) is 37.8 Å². The van der Waals surface area contributed by atoms with Gasteiger partial charge in [0.25, 0.3) is 5.69 Å². The molecule has 11 nitrogen and oxygen atoms in total. The Bertz CT molecular complexity index is 959. The van der Waals surface area contributed by atoms with E-state index in [2.05, 4.69) is 17.6 Å². The van der Waals surface area contributed by atoms with Crippen molar-refractivity contribution in [3.63, 3.8) is 0 Å². The number of nitro benzene ring substituents is 1. The third-order valence-corrected chi connectivity index (χ3v) is 5.33. The number of nitrogens with one attached hydrogen (secondary N) is 2. The molecule has 0 aromatic heterocycles. The normalized spacial score (nSPS) is 18.5. The second-order valence-electron chi connectivity index (χ2n) is 7.72. The van der Waals surface area contributed by atoms with E-state index in [1.165, 1.54) is 12.1 Å². The number of rotatable bonds is 7. The van der Waals surface area contributed by atoms with Crippen molar-refractivity contribution in [3.05, 3.63) is 45.1 Å². The molecule has 2 aliphatic rings. The van der Waals surface area contributed by atoms with Crippen LogP contribution < -0.4 is 15.5 Å². The van der Waals surface area contributed by atoms with Gasteiger partial charge < -0.3 is 25.0 Å². The molecule has 2 aliphatic heterocycles. The third-order valence-electron chi connectivity index (χ3n) is 5.33. The Hall–Kier alpha value is -3.63. The lowest BCUT2D eigenvalue weighted by Gasteiger charge is -2.32. The summed E-state index contributed by atoms with van der Waals surface area (Å²) in [4.78, 5) is 49.3. The molecule has 0 bridgehead atoms. The smallest absolute Gasteiger partial charge is 0.338 e. The molecule has 1 fully saturated rings. The van der Waals surface area contributed by atoms with E-state index in [1.54, 1.807) is 13.0 Å². The average Bonchev–Trinajstić information content (AvgIpc) is 2.77. The number of hydrogen-bond acceptors (Lipinski definition) is 8. The van der Waals surface area contributed by atoms with Crippen LogP contribution in [-0.2, 0) is 14.3 Å². The van der Waals surface area contributed by atoms with Crippen molar-refractivity contribution >= 4 is 29.3 Å². The highest BCUT2D eigenvalue weighted by Gasteiger charge is 2.27. The first-order chi connectivity index (χ1) is 15.3. The van der Waals surface area contributed by atoms with Gasteiger partial charge in [-0.2, -0.15) is 0 Å². The van der Waals surface area contributed by atoms with E-state index in [-0.39, 0.29) is 42.3 Å². The van der Waals surface area contributed by atoms with Crippen molar-refractivity contribution in [2.24, 2.45) is 5.92 Å². The van der Waals surface area contributed by atoms with Crippen molar-refractivity contribution < 1.29 is 28.8 Å². The summed E-state index contributed by atoms with van der Waals surface area (Å²) in [5.74, 6) is -1.02. The van der Waals surface area contributed by atoms with Gasteiger partial charge in [-0.1, -0.05) is 6.92 Å². The Labute approximate surface area is 184 Å². The summed E-state index contributed by atoms with van der Waals surface area (Å²) in [7, 11) is 0. The van der Waals surface area contributed by atoms with Crippen LogP contribution >= 0.6 is 0 Å². The molecule has 172 valence electrons. The number of urea groups is 1. The Balaban J connectivity index is 1.77. The number of nitro groups is 1. The van der Waals surface area contributed by atoms with Crippen molar-refractivity contribution in [1.29, 1.82) is 0 Å². The molecule has 2 N–H and O–H groups in total. The van der Waals surface area contributed by atoms with Gasteiger partial charge in [0, 0.05) is 19.2 Å². The first kappa shape index (κ1) is 23.0. The van der Waals surface area contributed by atoms with Crippen LogP contribution in [0.3, 0.4) is 0 Å². The molecule has 1 aromatic rings. The number of hydrogen-bond donors (Lipinski definition) is 2. The molecule has 0 spiro atoms. The largest absolute Gasteiger partial charge is 0.463 e. The van der Waals surface area contributed by atoms with Gasteiger partial charge in [0.05, 0.1) is 34.9 Å². The Morgan fingerprint density at radius 2 is 2.06 bits per heavy atom. The molecule has 1 saturated heterocycles. The molecule has 1 unspecified atom stereocenters. The number of piperidine rings is 1. The first-order valence-electron chi connectivity index (χ1n) is 10.4. The molecule has 2 heterocycles. The van der Waals surface area contributed by atoms with E-state index in [9.17, 15) is 24.5 Å². The summed E-state index contributed by atoms with van der Waals surface area (Å²) in [5.41, 5.74) is 0.545. The van der Waals surface area contributed by atoms with Crippen molar-refractivity contribution in [3.8, 4) is 0 Å². The van der Waals surface area contributed by atoms with E-state index in [0.717, 1.165) is 12.8 Å². The number of esters is 2. The number of amides is 2. The summed E-state index contributed by atoms with van der Waals surface area (Å²) in [6, 6.07) is 3.69. The summed E-state index contributed by atoms with van der Waals surface area (Å²) < 4.78 is 10.2. The minimum atomic E-state index is -0.810. The molecule has 11 heteroatoms. The number of nitrogens with zero attached hydrogens (tertiary/aromatic N) is 2. The zero-order chi connectivity index (χ0) is 23.3. The molecule has 3 rings (SSSR count). The standard InChI is InChI=1S/C21H26N4O7/c1-3-31-20(27)15-10-22-21(28)23-16(15)12-32-19(26)14-6-7-17(18(9-14)25(29)30)24-8-4-5-13(2)11-24/h6-7,9,13H,3-5,8,10-12H2,1-2H3,(H2,22,23,28). The minimum absolute atomic E-state index is 0.00375. The van der Waals surface area contributed by atoms with Crippen molar-refractivity contribution in [2.45, 2.75) is 26.7 Å². The van der Waals surface area contributed by atoms with Crippen LogP contribution in [0.4, 0.5) is 16.2 Å². The summed E-state index contributed by atoms with van der Waals surface area (Å²) in [6.07, 6.45) is 2.02. The van der Waals surface area contributed by atoms with Crippen LogP contribution in [0.15, 0.2) is 29.5 Å². The second kappa shape index (κ2) is 10.1. The zero-order valence-electron chi connectivity index (χ0n) is 18.0. The van der Waals surface area contributed by atoms with Gasteiger partial charge >= 0.3 is 18.0 Å². The maximum absolute atomic E-state index is 12.6. The van der Waals surface area contributed by atoms with Crippen LogP contribution in [0.5, 0.6) is 0 Å². The fraction of sp³-hybridized carbons (Fsp3) is 0.476. The lowest BCUT2D eigenvalue weighted by molar-refractivity contribution is -0.384. The van der Waals surface area contributed by atoms with Crippen LogP contribution in [0.1, 0.15) is 37.0 Å². The zero-order valence-corrected chi connectivity index (χ0v) is 18.0. The monoisotopic (exact) mass is 446 g/mol. The van der Waals surface area contributed by atoms with E-state index in [0.29, 0.717) is 24.7 Å². The lowest BCUT2D eigenvalue weighted by atomic mass is 9.99. The van der Waals surface area contributed by atoms with Crippen LogP contribution in [0, 0.1) is 16.0 Å². The van der Waals surface area contributed by atoms with Gasteiger partial charge in [-0.15, -0.1) is 0 Å². The van der Waals surface area contributed by atoms with Crippen LogP contribution in [-0.4, -0.2) is 55.7 Å². The molecule has 1 atom stereocenters. The predicted molar refractivity (Wildman–Crippen MR) is 114 cm³/mol. The molecule has 32 heavy (non-hydrogen) atoms. The van der Waals surface area contributed by atoms with Crippen LogP contribution in [0.25, 0.3) is 0 Å². The topological polar surface area (TPSA) is 140 Å². The van der Waals surface area contributed by atoms with E-state index >= 15 is 0 Å². The Morgan fingerprint density at radius 3 is 2.75 bits per heavy atom. The SMILES string of the molecule is CCOC(=O)C1=C(COC(=O)c2ccc(N3CCCC(C)C3)c([N+](=O)[O-])c2)NC(=O)NC1. The fourth-order valence-corrected chi connectivity index (χ4v) is 3.76. The number of carbonyl (C=O) groups excluding carboxylic acids is 3. The Kier molecular flexibility index (Phi) is 7.29. The number of ether oxygens (including phenoxy) is 2. The highest BCUT2D eigenvalue weighted by molar-refractivity contribution is 5.94. The molecule has 2 amide bonds. The summed E-state index contributed by atoms with van der Waals surface area (Å²) in [6.45, 7) is 4.87. The van der Waals surface area contributed by atoms with Crippen LogP contribution in [0.2, 0.25) is 0 Å². The molecular formula is C21H26N4O7. The maximum atomic E-state index is 12.6. The molecule has 0 saturated carbocycles. The van der Waals surface area contributed by atoms with Crippen molar-refractivity contribution in [2.75, 3.05) is 37.7 Å². The summed E-state index contributed by atoms with van der Waals surface area (Å²) >= 11 is 0. The second-order valence-corrected chi connectivity index (χ2v) is 7.72. The highest BCUT2D eigenvalue weighted by Crippen LogP contribution is 2.32. The quantitative estimate of drug-likeness (QED) is 0.369. The number of benzene rings is 1. The predicted octanol–water partition coefficient (Wildman–Crippen LogP) is 2.12. The Morgan fingerprint density at radius 1 is 1.28 bits per heavy atom. The lowest BCUT2D eigenvalue weighted by Crippen LogP contribution is -2.45. The van der Waals surface area contributed by atoms with Gasteiger partial charge in [0.1, 0.15) is 12.3 Å². The molecule has 1 aromatic carbocycles. The minimum Gasteiger partial charge on any atom is -0.463 e. The molecule has 0 radical (unpaired) electrons. The third kappa shape index (κ3) is 5.34. The maximum Gasteiger partial charge on any atom is 0.338 e. The van der Waals surface area contributed by atoms with Gasteiger partial charge in [-0.3, -0.25) is 10.1 Å². The average molecular weight is 446 g/mol. The van der Waals surface area contributed by atoms with Crippen molar-refractivity contribution in [1.82, 2.24) is 10.6 Å². The van der Waals surface area contributed by atoms with Gasteiger partial charge in [-0.25, -0.2) is 14.4 Å². The van der Waals surface area contributed by atoms with E-state index < -0.39 is 22.9 Å². The van der Waals surface area contributed by atoms with E-state index in [1.807, 2.05) is 4.90 Å².